The molecule has 0 atom stereocenters. The third kappa shape index (κ3) is 8.14. The van der Waals surface area contributed by atoms with Crippen LogP contribution in [0.15, 0.2) is 0 Å². The lowest BCUT2D eigenvalue weighted by molar-refractivity contribution is -0.0416. The molecule has 0 aliphatic heterocycles. The third-order valence-corrected chi connectivity index (χ3v) is 4.39. The van der Waals surface area contributed by atoms with Gasteiger partial charge in [0.1, 0.15) is 0 Å². The molecule has 110 valence electrons. The van der Waals surface area contributed by atoms with Gasteiger partial charge in [-0.3, -0.25) is 0 Å². The second kappa shape index (κ2) is 12.0. The Bertz CT molecular complexity index is 164. The van der Waals surface area contributed by atoms with Crippen molar-refractivity contribution in [3.05, 3.63) is 0 Å². The summed E-state index contributed by atoms with van der Waals surface area (Å²) >= 11 is 0. The summed E-state index contributed by atoms with van der Waals surface area (Å²) in [6.07, 6.45) is 0. The van der Waals surface area contributed by atoms with Gasteiger partial charge in [0.05, 0.1) is 26.4 Å². The highest BCUT2D eigenvalue weighted by Gasteiger charge is 2.44. The number of hydrogen-bond donors (Lipinski definition) is 0. The van der Waals surface area contributed by atoms with E-state index in [1.54, 1.807) is 7.11 Å². The van der Waals surface area contributed by atoms with Crippen molar-refractivity contribution in [1.29, 1.82) is 0 Å². The lowest BCUT2D eigenvalue weighted by atomic mass is 10.7. The van der Waals surface area contributed by atoms with Crippen LogP contribution < -0.4 is 0 Å². The molecule has 7 heteroatoms. The van der Waals surface area contributed by atoms with Gasteiger partial charge < -0.3 is 27.2 Å². The zero-order chi connectivity index (χ0) is 13.7. The van der Waals surface area contributed by atoms with Crippen molar-refractivity contribution in [2.45, 2.75) is 20.8 Å². The van der Waals surface area contributed by atoms with E-state index in [2.05, 4.69) is 0 Å². The Hall–Kier alpha value is -0.0231. The van der Waals surface area contributed by atoms with Crippen LogP contribution in [0.25, 0.3) is 0 Å². The fraction of sp³-hybridized carbons (Fsp3) is 1.00. The summed E-state index contributed by atoms with van der Waals surface area (Å²) in [6.45, 7) is 9.12. The zero-order valence-electron chi connectivity index (χ0n) is 11.9. The summed E-state index contributed by atoms with van der Waals surface area (Å²) in [4.78, 5) is 0. The standard InChI is InChI=1S/C11H26O6Si/c1-5-14-18(15-6-2,16-7-3)17-11-10-13-9-8-12-4/h5-11H2,1-4H3. The summed E-state index contributed by atoms with van der Waals surface area (Å²) in [5, 5.41) is 0. The fourth-order valence-corrected chi connectivity index (χ4v) is 3.14. The van der Waals surface area contributed by atoms with Crippen molar-refractivity contribution < 1.29 is 27.2 Å². The van der Waals surface area contributed by atoms with Gasteiger partial charge in [-0.2, -0.15) is 0 Å². The fourth-order valence-electron chi connectivity index (χ4n) is 1.25. The molecule has 0 bridgehead atoms. The molecule has 0 unspecified atom stereocenters. The average molecular weight is 282 g/mol. The van der Waals surface area contributed by atoms with Crippen LogP contribution in [0, 0.1) is 0 Å². The first-order valence-corrected chi connectivity index (χ1v) is 8.00. The number of methoxy groups -OCH3 is 1. The van der Waals surface area contributed by atoms with E-state index in [1.165, 1.54) is 0 Å². The molecule has 0 fully saturated rings. The number of hydrogen-bond acceptors (Lipinski definition) is 6. The normalized spacial score (nSPS) is 12.0. The molecular formula is C11H26O6Si. The van der Waals surface area contributed by atoms with Gasteiger partial charge in [-0.25, -0.2) is 0 Å². The summed E-state index contributed by atoms with van der Waals surface area (Å²) in [7, 11) is -1.34. The van der Waals surface area contributed by atoms with Crippen molar-refractivity contribution >= 4 is 9.05 Å². The van der Waals surface area contributed by atoms with Crippen molar-refractivity contribution in [2.24, 2.45) is 0 Å². The second-order valence-electron chi connectivity index (χ2n) is 3.25. The largest absolute Gasteiger partial charge is 0.679 e. The van der Waals surface area contributed by atoms with E-state index in [0.29, 0.717) is 46.2 Å². The van der Waals surface area contributed by atoms with Gasteiger partial charge in [0.15, 0.2) is 0 Å². The molecule has 18 heavy (non-hydrogen) atoms. The number of ether oxygens (including phenoxy) is 2. The van der Waals surface area contributed by atoms with Crippen LogP contribution in [-0.4, -0.2) is 62.4 Å². The maximum absolute atomic E-state index is 5.64. The number of rotatable bonds is 13. The Morgan fingerprint density at radius 3 is 1.61 bits per heavy atom. The maximum Gasteiger partial charge on any atom is 0.679 e. The predicted molar refractivity (Wildman–Crippen MR) is 69.3 cm³/mol. The van der Waals surface area contributed by atoms with Crippen LogP contribution in [-0.2, 0) is 27.2 Å². The molecule has 0 N–H and O–H groups in total. The van der Waals surface area contributed by atoms with E-state index in [-0.39, 0.29) is 0 Å². The van der Waals surface area contributed by atoms with E-state index in [9.17, 15) is 0 Å². The Morgan fingerprint density at radius 2 is 1.17 bits per heavy atom. The van der Waals surface area contributed by atoms with Gasteiger partial charge in [-0.1, -0.05) is 0 Å². The molecule has 0 aromatic carbocycles. The molecule has 0 aliphatic rings. The Kier molecular flexibility index (Phi) is 12.0. The summed E-state index contributed by atoms with van der Waals surface area (Å²) in [6, 6.07) is 0. The Labute approximate surface area is 111 Å². The highest BCUT2D eigenvalue weighted by molar-refractivity contribution is 6.53. The molecule has 0 aromatic rings. The molecule has 0 amide bonds. The molecule has 0 saturated heterocycles. The van der Waals surface area contributed by atoms with Crippen LogP contribution in [0.3, 0.4) is 0 Å². The van der Waals surface area contributed by atoms with Gasteiger partial charge >= 0.3 is 9.05 Å². The topological polar surface area (TPSA) is 55.4 Å². The smallest absolute Gasteiger partial charge is 0.382 e. The molecule has 0 spiro atoms. The highest BCUT2D eigenvalue weighted by atomic mass is 28.4. The first kappa shape index (κ1) is 18.0. The molecular weight excluding hydrogens is 256 g/mol. The minimum atomic E-state index is -2.98. The second-order valence-corrected chi connectivity index (χ2v) is 5.41. The average Bonchev–Trinajstić information content (AvgIpc) is 2.35. The van der Waals surface area contributed by atoms with Gasteiger partial charge in [0, 0.05) is 26.9 Å². The first-order chi connectivity index (χ1) is 8.74. The minimum absolute atomic E-state index is 0.385. The Balaban J connectivity index is 3.97. The van der Waals surface area contributed by atoms with Crippen molar-refractivity contribution in [3.8, 4) is 0 Å². The maximum atomic E-state index is 5.64. The molecule has 0 rings (SSSR count). The van der Waals surface area contributed by atoms with Gasteiger partial charge in [0.25, 0.3) is 0 Å². The lowest BCUT2D eigenvalue weighted by Crippen LogP contribution is -2.50. The van der Waals surface area contributed by atoms with Crippen molar-refractivity contribution in [1.82, 2.24) is 0 Å². The van der Waals surface area contributed by atoms with E-state index in [1.807, 2.05) is 20.8 Å². The van der Waals surface area contributed by atoms with Crippen molar-refractivity contribution in [2.75, 3.05) is 53.4 Å². The minimum Gasteiger partial charge on any atom is -0.382 e. The van der Waals surface area contributed by atoms with Gasteiger partial charge in [-0.15, -0.1) is 0 Å². The molecule has 0 aliphatic carbocycles. The van der Waals surface area contributed by atoms with E-state index >= 15 is 0 Å². The van der Waals surface area contributed by atoms with E-state index < -0.39 is 9.05 Å². The van der Waals surface area contributed by atoms with Crippen molar-refractivity contribution in [3.63, 3.8) is 0 Å². The summed E-state index contributed by atoms with van der Waals surface area (Å²) in [5.41, 5.74) is 0. The molecule has 6 nitrogen and oxygen atoms in total. The Morgan fingerprint density at radius 1 is 0.667 bits per heavy atom. The highest BCUT2D eigenvalue weighted by Crippen LogP contribution is 2.11. The summed E-state index contributed by atoms with van der Waals surface area (Å²) < 4.78 is 32.4. The van der Waals surface area contributed by atoms with E-state index in [4.69, 9.17) is 27.2 Å². The lowest BCUT2D eigenvalue weighted by Gasteiger charge is -2.26. The SMILES string of the molecule is CCO[Si](OCC)(OCC)OCCOCCOC. The third-order valence-electron chi connectivity index (χ3n) is 1.90. The molecule has 0 saturated carbocycles. The van der Waals surface area contributed by atoms with E-state index in [0.717, 1.165) is 0 Å². The molecule has 0 aromatic heterocycles. The van der Waals surface area contributed by atoms with Crippen LogP contribution in [0.5, 0.6) is 0 Å². The monoisotopic (exact) mass is 282 g/mol. The quantitative estimate of drug-likeness (QED) is 0.374. The first-order valence-electron chi connectivity index (χ1n) is 6.37. The van der Waals surface area contributed by atoms with Crippen LogP contribution in [0.2, 0.25) is 0 Å². The molecule has 0 heterocycles. The predicted octanol–water partition coefficient (Wildman–Crippen LogP) is 1.21. The zero-order valence-corrected chi connectivity index (χ0v) is 12.9. The molecule has 0 radical (unpaired) electrons. The van der Waals surface area contributed by atoms with Crippen LogP contribution >= 0.6 is 0 Å². The van der Waals surface area contributed by atoms with Crippen LogP contribution in [0.4, 0.5) is 0 Å². The van der Waals surface area contributed by atoms with Gasteiger partial charge in [-0.05, 0) is 20.8 Å². The summed E-state index contributed by atoms with van der Waals surface area (Å²) in [5.74, 6) is 0. The van der Waals surface area contributed by atoms with Crippen LogP contribution in [0.1, 0.15) is 20.8 Å². The van der Waals surface area contributed by atoms with Gasteiger partial charge in [0.2, 0.25) is 0 Å².